The zero-order valence-electron chi connectivity index (χ0n) is 19.4. The number of phenols is 1. The molecule has 0 radical (unpaired) electrons. The summed E-state index contributed by atoms with van der Waals surface area (Å²) in [5.74, 6) is -1.86. The van der Waals surface area contributed by atoms with E-state index in [0.29, 0.717) is 21.0 Å². The lowest BCUT2D eigenvalue weighted by Crippen LogP contribution is -2.52. The molecule has 9 nitrogen and oxygen atoms in total. The summed E-state index contributed by atoms with van der Waals surface area (Å²) in [6.45, 7) is 1.63. The van der Waals surface area contributed by atoms with Gasteiger partial charge in [-0.15, -0.1) is 0 Å². The van der Waals surface area contributed by atoms with E-state index in [2.05, 4.69) is 0 Å². The number of phenolic OH excluding ortho intramolecular Hbond substituents is 1. The van der Waals surface area contributed by atoms with Crippen LogP contribution in [0.5, 0.6) is 5.75 Å². The van der Waals surface area contributed by atoms with Crippen molar-refractivity contribution in [2.75, 3.05) is 6.61 Å². The number of rotatable bonds is 4. The Morgan fingerprint density at radius 2 is 1.86 bits per heavy atom. The number of fused-ring (bicyclic) bond motifs is 3. The van der Waals surface area contributed by atoms with E-state index in [1.54, 1.807) is 31.2 Å². The van der Waals surface area contributed by atoms with Crippen LogP contribution in [0.2, 0.25) is 0 Å². The summed E-state index contributed by atoms with van der Waals surface area (Å²) in [6.07, 6.45) is -1.58. The molecule has 6 atom stereocenters. The fourth-order valence-corrected chi connectivity index (χ4v) is 6.52. The van der Waals surface area contributed by atoms with Crippen LogP contribution in [-0.4, -0.2) is 69.9 Å². The second kappa shape index (κ2) is 9.26. The lowest BCUT2D eigenvalue weighted by Gasteiger charge is -2.39. The molecule has 1 saturated heterocycles. The molecule has 1 unspecified atom stereocenters. The van der Waals surface area contributed by atoms with Gasteiger partial charge in [-0.1, -0.05) is 24.3 Å². The van der Waals surface area contributed by atoms with E-state index in [1.807, 2.05) is 22.6 Å². The first kappa shape index (κ1) is 25.4. The second-order valence-corrected chi connectivity index (χ2v) is 10.9. The van der Waals surface area contributed by atoms with E-state index in [0.717, 1.165) is 0 Å². The number of hydrogen-bond donors (Lipinski definition) is 4. The lowest BCUT2D eigenvalue weighted by atomic mass is 9.71. The smallest absolute Gasteiger partial charge is 0.198 e. The van der Waals surface area contributed by atoms with Gasteiger partial charge in [-0.25, -0.2) is 0 Å². The molecule has 0 amide bonds. The normalized spacial score (nSPS) is 31.4. The number of aldehydes is 1. The van der Waals surface area contributed by atoms with Crippen molar-refractivity contribution in [3.63, 3.8) is 0 Å². The van der Waals surface area contributed by atoms with Gasteiger partial charge < -0.3 is 35.3 Å². The van der Waals surface area contributed by atoms with E-state index >= 15 is 0 Å². The predicted octanol–water partition coefficient (Wildman–Crippen LogP) is 1.57. The minimum atomic E-state index is -1.74. The number of carbonyl (C=O) groups excluding carboxylic acids is 3. The van der Waals surface area contributed by atoms with Crippen LogP contribution in [0.15, 0.2) is 24.3 Å². The monoisotopic (exact) mass is 607 g/mol. The molecular weight excluding hydrogens is 581 g/mol. The Morgan fingerprint density at radius 1 is 1.22 bits per heavy atom. The average molecular weight is 607 g/mol. The van der Waals surface area contributed by atoms with Gasteiger partial charge in [-0.2, -0.15) is 0 Å². The Kier molecular flexibility index (Phi) is 6.54. The first-order valence-electron chi connectivity index (χ1n) is 11.7. The molecule has 0 aromatic heterocycles. The van der Waals surface area contributed by atoms with Crippen LogP contribution in [0.3, 0.4) is 0 Å². The van der Waals surface area contributed by atoms with E-state index in [9.17, 15) is 29.7 Å². The molecule has 2 aromatic rings. The van der Waals surface area contributed by atoms with E-state index in [-0.39, 0.29) is 53.9 Å². The second-order valence-electron chi connectivity index (χ2n) is 9.80. The van der Waals surface area contributed by atoms with Crippen molar-refractivity contribution in [3.05, 3.63) is 61.2 Å². The van der Waals surface area contributed by atoms with Gasteiger partial charge in [0.25, 0.3) is 0 Å². The van der Waals surface area contributed by atoms with Crippen LogP contribution < -0.4 is 5.73 Å². The van der Waals surface area contributed by atoms with Gasteiger partial charge in [0, 0.05) is 45.1 Å². The molecule has 2 aromatic carbocycles. The van der Waals surface area contributed by atoms with Crippen molar-refractivity contribution in [1.82, 2.24) is 0 Å². The first-order valence-corrected chi connectivity index (χ1v) is 12.8. The van der Waals surface area contributed by atoms with E-state index in [1.165, 1.54) is 0 Å². The summed E-state index contributed by atoms with van der Waals surface area (Å²) in [4.78, 5) is 38.7. The summed E-state index contributed by atoms with van der Waals surface area (Å²) in [6, 6.07) is 5.89. The van der Waals surface area contributed by atoms with Crippen molar-refractivity contribution in [3.8, 4) is 5.75 Å². The number of ether oxygens (including phenoxy) is 2. The highest BCUT2D eigenvalue weighted by Gasteiger charge is 2.45. The minimum Gasteiger partial charge on any atom is -0.507 e. The number of aliphatic hydroxyl groups is 2. The van der Waals surface area contributed by atoms with Gasteiger partial charge in [0.1, 0.15) is 11.4 Å². The number of carbonyl (C=O) groups is 3. The zero-order valence-corrected chi connectivity index (χ0v) is 21.6. The Balaban J connectivity index is 1.57. The highest BCUT2D eigenvalue weighted by molar-refractivity contribution is 14.1. The zero-order chi connectivity index (χ0) is 25.9. The van der Waals surface area contributed by atoms with Crippen molar-refractivity contribution >= 4 is 40.4 Å². The maximum absolute atomic E-state index is 13.4. The number of hydrogen-bond acceptors (Lipinski definition) is 9. The quantitative estimate of drug-likeness (QED) is 0.256. The van der Waals surface area contributed by atoms with E-state index in [4.69, 9.17) is 15.2 Å². The van der Waals surface area contributed by atoms with Crippen LogP contribution in [0.4, 0.5) is 0 Å². The summed E-state index contributed by atoms with van der Waals surface area (Å²) < 4.78 is 12.1. The fourth-order valence-electron chi connectivity index (χ4n) is 5.53. The minimum absolute atomic E-state index is 0.0511. The van der Waals surface area contributed by atoms with Gasteiger partial charge in [0.05, 0.1) is 29.9 Å². The predicted molar refractivity (Wildman–Crippen MR) is 135 cm³/mol. The third-order valence-electron chi connectivity index (χ3n) is 7.37. The SMILES string of the molecule is C[C@@H]1O[C@@H](OC[C@H]2CC(O)(C=O)Cc3c(I)c4c(c(O)c32)C(=O)c2ccccc2C4=O)C[C@H](N)[C@@H]1O. The molecular formula is C26H26INO8. The molecule has 3 aliphatic rings. The average Bonchev–Trinajstić information content (AvgIpc) is 2.86. The molecule has 36 heavy (non-hydrogen) atoms. The number of nitrogens with two attached hydrogens (primary N) is 1. The maximum Gasteiger partial charge on any atom is 0.198 e. The largest absolute Gasteiger partial charge is 0.507 e. The van der Waals surface area contributed by atoms with Crippen LogP contribution >= 0.6 is 22.6 Å². The Bertz CT molecular complexity index is 1270. The standard InChI is InChI=1S/C26H26INO8/c1-11-22(30)16(28)6-17(36-11)35-9-12-7-26(34,10-29)8-15-18(12)25(33)20-19(21(15)27)23(31)13-4-2-3-5-14(13)24(20)32/h2-5,10-12,16-17,22,30,33-34H,6-9,28H2,1H3/t11-,12+,16-,17+,22+,26?/m0/s1. The molecule has 0 spiro atoms. The van der Waals surface area contributed by atoms with Crippen molar-refractivity contribution in [2.45, 2.75) is 62.2 Å². The number of benzene rings is 2. The third-order valence-corrected chi connectivity index (χ3v) is 8.56. The van der Waals surface area contributed by atoms with Gasteiger partial charge >= 0.3 is 0 Å². The lowest BCUT2D eigenvalue weighted by molar-refractivity contribution is -0.224. The molecule has 0 saturated carbocycles. The number of aliphatic hydroxyl groups excluding tert-OH is 1. The van der Waals surface area contributed by atoms with Crippen LogP contribution in [0.25, 0.3) is 0 Å². The molecule has 1 heterocycles. The molecule has 5 N–H and O–H groups in total. The van der Waals surface area contributed by atoms with Crippen LogP contribution in [-0.2, 0) is 20.7 Å². The third kappa shape index (κ3) is 4.00. The van der Waals surface area contributed by atoms with Crippen LogP contribution in [0.1, 0.15) is 68.7 Å². The molecule has 5 rings (SSSR count). The molecule has 1 fully saturated rings. The van der Waals surface area contributed by atoms with Gasteiger partial charge in [-0.05, 0) is 41.5 Å². The Morgan fingerprint density at radius 3 is 2.47 bits per heavy atom. The van der Waals surface area contributed by atoms with Gasteiger partial charge in [0.2, 0.25) is 0 Å². The van der Waals surface area contributed by atoms with Crippen molar-refractivity contribution < 1.29 is 39.2 Å². The molecule has 1 aliphatic heterocycles. The van der Waals surface area contributed by atoms with E-state index < -0.39 is 47.6 Å². The van der Waals surface area contributed by atoms with Gasteiger partial charge in [-0.3, -0.25) is 9.59 Å². The number of ketones is 2. The first-order chi connectivity index (χ1) is 17.1. The number of aromatic hydroxyl groups is 1. The topological polar surface area (TPSA) is 156 Å². The molecule has 10 heteroatoms. The summed E-state index contributed by atoms with van der Waals surface area (Å²) in [7, 11) is 0. The highest BCUT2D eigenvalue weighted by Crippen LogP contribution is 2.48. The van der Waals surface area contributed by atoms with Crippen molar-refractivity contribution in [2.24, 2.45) is 5.73 Å². The fraction of sp³-hybridized carbons (Fsp3) is 0.423. The summed E-state index contributed by atoms with van der Waals surface area (Å²) >= 11 is 1.95. The van der Waals surface area contributed by atoms with Crippen LogP contribution in [0, 0.1) is 3.57 Å². The van der Waals surface area contributed by atoms with Crippen molar-refractivity contribution in [1.29, 1.82) is 0 Å². The summed E-state index contributed by atoms with van der Waals surface area (Å²) in [5.41, 5.74) is 5.52. The Labute approximate surface area is 220 Å². The Hall–Kier alpha value is -2.22. The highest BCUT2D eigenvalue weighted by atomic mass is 127. The maximum atomic E-state index is 13.4. The molecule has 0 bridgehead atoms. The molecule has 190 valence electrons. The molecule has 2 aliphatic carbocycles. The number of halogens is 1. The summed E-state index contributed by atoms with van der Waals surface area (Å²) in [5, 5.41) is 32.4. The van der Waals surface area contributed by atoms with Gasteiger partial charge in [0.15, 0.2) is 24.1 Å².